The number of carbonyl (C=O) groups is 3. The lowest BCUT2D eigenvalue weighted by Crippen LogP contribution is -2.48. The topological polar surface area (TPSA) is 99.2 Å². The Morgan fingerprint density at radius 2 is 1.77 bits per heavy atom. The number of anilines is 1. The van der Waals surface area contributed by atoms with Crippen LogP contribution < -0.4 is 10.2 Å². The highest BCUT2D eigenvalue weighted by Crippen LogP contribution is 2.38. The largest absolute Gasteiger partial charge is 0.444 e. The molecule has 39 heavy (non-hydrogen) atoms. The van der Waals surface area contributed by atoms with Crippen molar-refractivity contribution in [2.75, 3.05) is 25.0 Å². The summed E-state index contributed by atoms with van der Waals surface area (Å²) < 4.78 is 5.54. The number of fused-ring (bicyclic) bond motifs is 1. The summed E-state index contributed by atoms with van der Waals surface area (Å²) in [5.41, 5.74) is 5.06. The van der Waals surface area contributed by atoms with Gasteiger partial charge in [0.1, 0.15) is 11.8 Å². The van der Waals surface area contributed by atoms with Crippen LogP contribution in [-0.4, -0.2) is 59.9 Å². The number of nitrogens with zero attached hydrogens (tertiary/aromatic N) is 2. The normalized spacial score (nSPS) is 19.9. The van der Waals surface area contributed by atoms with E-state index >= 15 is 0 Å². The van der Waals surface area contributed by atoms with E-state index < -0.39 is 11.8 Å². The number of piperidine rings is 1. The third-order valence-corrected chi connectivity index (χ3v) is 7.81. The number of likely N-dealkylation sites (tertiary alicyclic amines) is 1. The smallest absolute Gasteiger partial charge is 0.410 e. The van der Waals surface area contributed by atoms with E-state index in [0.717, 1.165) is 35.2 Å². The number of carbonyl (C=O) groups excluding carboxylic acids is 3. The quantitative estimate of drug-likeness (QED) is 0.598. The van der Waals surface area contributed by atoms with Gasteiger partial charge in [-0.05, 0) is 99.7 Å². The predicted octanol–water partition coefficient (Wildman–Crippen LogP) is 4.56. The van der Waals surface area contributed by atoms with Crippen LogP contribution in [0.2, 0.25) is 0 Å². The standard InChI is InChI=1S/C31H41N3O5/c1-19-7-8-23(28(36)32-6)16-24(19)17-26-18-25-15-22(9-10-27(25)34(20(2)35)29(26)37)21-11-13-33(14-12-21)30(38)39-31(3,4)5/h7-10,15-16,21,26,29,37H,11-14,17-18H2,1-6H3,(H,32,36)/t26?,29-/m0/s1. The molecular weight excluding hydrogens is 494 g/mol. The summed E-state index contributed by atoms with van der Waals surface area (Å²) in [6.45, 7) is 10.4. The number of amides is 3. The van der Waals surface area contributed by atoms with Gasteiger partial charge in [0.2, 0.25) is 5.91 Å². The van der Waals surface area contributed by atoms with E-state index in [1.165, 1.54) is 17.4 Å². The molecule has 2 N–H and O–H groups in total. The third-order valence-electron chi connectivity index (χ3n) is 7.81. The fraction of sp³-hybridized carbons (Fsp3) is 0.516. The van der Waals surface area contributed by atoms with Gasteiger partial charge in [-0.3, -0.25) is 14.5 Å². The number of aryl methyl sites for hydroxylation is 1. The maximum Gasteiger partial charge on any atom is 0.410 e. The molecule has 1 unspecified atom stereocenters. The van der Waals surface area contributed by atoms with Crippen molar-refractivity contribution in [1.82, 2.24) is 10.2 Å². The zero-order chi connectivity index (χ0) is 28.5. The van der Waals surface area contributed by atoms with Crippen molar-refractivity contribution in [1.29, 1.82) is 0 Å². The summed E-state index contributed by atoms with van der Waals surface area (Å²) in [5, 5.41) is 13.9. The molecule has 1 fully saturated rings. The minimum Gasteiger partial charge on any atom is -0.444 e. The number of ether oxygens (including phenoxy) is 1. The van der Waals surface area contributed by atoms with Gasteiger partial charge in [0.15, 0.2) is 0 Å². The lowest BCUT2D eigenvalue weighted by molar-refractivity contribution is -0.119. The molecule has 0 aliphatic carbocycles. The first-order valence-corrected chi connectivity index (χ1v) is 13.8. The van der Waals surface area contributed by atoms with Gasteiger partial charge in [-0.15, -0.1) is 0 Å². The Bertz CT molecular complexity index is 1240. The van der Waals surface area contributed by atoms with E-state index in [1.54, 1.807) is 18.0 Å². The van der Waals surface area contributed by atoms with Crippen LogP contribution >= 0.6 is 0 Å². The molecule has 1 saturated heterocycles. The first kappa shape index (κ1) is 28.6. The summed E-state index contributed by atoms with van der Waals surface area (Å²) in [5.74, 6) is -0.276. The molecule has 0 bridgehead atoms. The van der Waals surface area contributed by atoms with Gasteiger partial charge < -0.3 is 20.1 Å². The number of benzene rings is 2. The Hall–Kier alpha value is -3.39. The highest BCUT2D eigenvalue weighted by atomic mass is 16.6. The lowest BCUT2D eigenvalue weighted by Gasteiger charge is -2.40. The molecule has 0 saturated carbocycles. The summed E-state index contributed by atoms with van der Waals surface area (Å²) >= 11 is 0. The molecule has 2 aliphatic rings. The highest BCUT2D eigenvalue weighted by molar-refractivity contribution is 5.94. The molecule has 8 nitrogen and oxygen atoms in total. The van der Waals surface area contributed by atoms with Gasteiger partial charge in [0.25, 0.3) is 5.91 Å². The number of hydrogen-bond donors (Lipinski definition) is 2. The summed E-state index contributed by atoms with van der Waals surface area (Å²) in [6, 6.07) is 11.8. The molecule has 2 heterocycles. The van der Waals surface area contributed by atoms with Gasteiger partial charge in [0, 0.05) is 44.2 Å². The van der Waals surface area contributed by atoms with Crippen molar-refractivity contribution >= 4 is 23.6 Å². The molecule has 0 spiro atoms. The number of nitrogens with one attached hydrogen (secondary N) is 1. The molecule has 3 amide bonds. The molecule has 210 valence electrons. The summed E-state index contributed by atoms with van der Waals surface area (Å²) in [7, 11) is 1.60. The van der Waals surface area contributed by atoms with E-state index in [2.05, 4.69) is 11.4 Å². The van der Waals surface area contributed by atoms with E-state index in [-0.39, 0.29) is 23.8 Å². The van der Waals surface area contributed by atoms with Crippen LogP contribution in [0.25, 0.3) is 0 Å². The molecule has 2 aromatic rings. The Balaban J connectivity index is 1.54. The van der Waals surface area contributed by atoms with E-state index in [9.17, 15) is 19.5 Å². The van der Waals surface area contributed by atoms with Gasteiger partial charge in [-0.2, -0.15) is 0 Å². The van der Waals surface area contributed by atoms with Gasteiger partial charge in [-0.25, -0.2) is 4.79 Å². The lowest BCUT2D eigenvalue weighted by atomic mass is 9.82. The van der Waals surface area contributed by atoms with E-state index in [1.807, 2.05) is 52.0 Å². The van der Waals surface area contributed by atoms with Crippen LogP contribution in [0.15, 0.2) is 36.4 Å². The molecule has 4 rings (SSSR count). The maximum atomic E-state index is 12.7. The van der Waals surface area contributed by atoms with Crippen LogP contribution in [0.5, 0.6) is 0 Å². The number of aliphatic hydroxyl groups excluding tert-OH is 1. The van der Waals surface area contributed by atoms with Crippen molar-refractivity contribution in [3.63, 3.8) is 0 Å². The molecule has 0 radical (unpaired) electrons. The van der Waals surface area contributed by atoms with Crippen LogP contribution in [0, 0.1) is 12.8 Å². The monoisotopic (exact) mass is 535 g/mol. The number of aliphatic hydroxyl groups is 1. The average molecular weight is 536 g/mol. The van der Waals surface area contributed by atoms with Gasteiger partial charge in [-0.1, -0.05) is 18.2 Å². The van der Waals surface area contributed by atoms with Crippen LogP contribution in [-0.2, 0) is 22.4 Å². The van der Waals surface area contributed by atoms with Crippen LogP contribution in [0.1, 0.15) is 79.1 Å². The first-order valence-electron chi connectivity index (χ1n) is 13.8. The second-order valence-electron chi connectivity index (χ2n) is 11.8. The average Bonchev–Trinajstić information content (AvgIpc) is 2.88. The number of hydrogen-bond acceptors (Lipinski definition) is 5. The van der Waals surface area contributed by atoms with Crippen LogP contribution in [0.3, 0.4) is 0 Å². The molecule has 0 aromatic heterocycles. The van der Waals surface area contributed by atoms with Crippen molar-refractivity contribution in [3.05, 3.63) is 64.2 Å². The predicted molar refractivity (Wildman–Crippen MR) is 151 cm³/mol. The van der Waals surface area contributed by atoms with E-state index in [4.69, 9.17) is 4.74 Å². The second-order valence-corrected chi connectivity index (χ2v) is 11.8. The van der Waals surface area contributed by atoms with Crippen molar-refractivity contribution in [3.8, 4) is 0 Å². The Kier molecular flexibility index (Phi) is 8.35. The van der Waals surface area contributed by atoms with E-state index in [0.29, 0.717) is 37.4 Å². The molecule has 2 atom stereocenters. The Morgan fingerprint density at radius 3 is 2.38 bits per heavy atom. The highest BCUT2D eigenvalue weighted by Gasteiger charge is 2.36. The zero-order valence-corrected chi connectivity index (χ0v) is 23.9. The van der Waals surface area contributed by atoms with Crippen LogP contribution in [0.4, 0.5) is 10.5 Å². The fourth-order valence-corrected chi connectivity index (χ4v) is 5.71. The summed E-state index contributed by atoms with van der Waals surface area (Å²) in [6.07, 6.45) is 1.61. The zero-order valence-electron chi connectivity index (χ0n) is 23.9. The minimum atomic E-state index is -0.957. The molecule has 2 aromatic carbocycles. The SMILES string of the molecule is CNC(=O)c1ccc(C)c(CC2Cc3cc(C4CCN(C(=O)OC(C)(C)C)CC4)ccc3N(C(C)=O)[C@H]2O)c1. The minimum absolute atomic E-state index is 0.154. The first-order chi connectivity index (χ1) is 18.4. The second kappa shape index (κ2) is 11.4. The van der Waals surface area contributed by atoms with Crippen molar-refractivity contribution in [2.24, 2.45) is 5.92 Å². The summed E-state index contributed by atoms with van der Waals surface area (Å²) in [4.78, 5) is 40.6. The number of rotatable bonds is 4. The van der Waals surface area contributed by atoms with Gasteiger partial charge >= 0.3 is 6.09 Å². The third kappa shape index (κ3) is 6.44. The van der Waals surface area contributed by atoms with Crippen molar-refractivity contribution < 1.29 is 24.2 Å². The Morgan fingerprint density at radius 1 is 1.08 bits per heavy atom. The molecule has 8 heteroatoms. The molecular formula is C31H41N3O5. The van der Waals surface area contributed by atoms with Gasteiger partial charge in [0.05, 0.1) is 0 Å². The maximum absolute atomic E-state index is 12.7. The molecule has 2 aliphatic heterocycles. The fourth-order valence-electron chi connectivity index (χ4n) is 5.71. The van der Waals surface area contributed by atoms with Crippen molar-refractivity contribution in [2.45, 2.75) is 78.0 Å². The Labute approximate surface area is 231 Å².